The average Bonchev–Trinajstić information content (AvgIpc) is 3.04. The molecule has 0 radical (unpaired) electrons. The van der Waals surface area contributed by atoms with E-state index >= 15 is 0 Å². The average molecular weight is 357 g/mol. The van der Waals surface area contributed by atoms with Gasteiger partial charge in [-0.3, -0.25) is 4.79 Å². The van der Waals surface area contributed by atoms with E-state index in [0.717, 1.165) is 49.1 Å². The molecule has 1 amide bonds. The first-order valence-electron chi connectivity index (χ1n) is 9.24. The molecular weight excluding hydrogens is 333 g/mol. The van der Waals surface area contributed by atoms with Gasteiger partial charge in [0.05, 0.1) is 17.5 Å². The first kappa shape index (κ1) is 17.2. The van der Waals surface area contributed by atoms with Crippen LogP contribution in [0.2, 0.25) is 0 Å². The Balaban J connectivity index is 1.62. The van der Waals surface area contributed by atoms with Crippen LogP contribution in [0.15, 0.2) is 24.3 Å². The monoisotopic (exact) mass is 357 g/mol. The quantitative estimate of drug-likeness (QED) is 0.917. The number of aromatic nitrogens is 1. The highest BCUT2D eigenvalue weighted by Crippen LogP contribution is 2.41. The molecule has 1 aromatic heterocycles. The number of fused-ring (bicyclic) bond motifs is 1. The van der Waals surface area contributed by atoms with E-state index in [1.807, 2.05) is 13.0 Å². The molecule has 138 valence electrons. The summed E-state index contributed by atoms with van der Waals surface area (Å²) in [4.78, 5) is 21.6. The van der Waals surface area contributed by atoms with Crippen molar-refractivity contribution in [2.75, 3.05) is 37.7 Å². The molecule has 0 unspecified atom stereocenters. The molecule has 1 N–H and O–H groups in total. The van der Waals surface area contributed by atoms with E-state index in [0.29, 0.717) is 18.6 Å². The van der Waals surface area contributed by atoms with Crippen LogP contribution in [0.25, 0.3) is 10.9 Å². The number of aliphatic hydroxyl groups is 1. The summed E-state index contributed by atoms with van der Waals surface area (Å²) >= 11 is 0. The van der Waals surface area contributed by atoms with Crippen molar-refractivity contribution < 1.29 is 14.3 Å². The SMILES string of the molecule is Cc1cc(N2CC[C@@]3(CCCN(CCO)C3=O)C2)nc2cc(F)ccc12. The minimum atomic E-state index is -0.375. The molecule has 5 nitrogen and oxygen atoms in total. The number of hydrogen-bond donors (Lipinski definition) is 1. The molecule has 4 rings (SSSR count). The second-order valence-corrected chi connectivity index (χ2v) is 7.53. The Labute approximate surface area is 152 Å². The third-order valence-corrected chi connectivity index (χ3v) is 5.84. The molecule has 2 aliphatic rings. The highest BCUT2D eigenvalue weighted by atomic mass is 19.1. The van der Waals surface area contributed by atoms with Crippen molar-refractivity contribution in [3.05, 3.63) is 35.6 Å². The van der Waals surface area contributed by atoms with Crippen LogP contribution in [-0.2, 0) is 4.79 Å². The summed E-state index contributed by atoms with van der Waals surface area (Å²) in [6.07, 6.45) is 2.65. The minimum absolute atomic E-state index is 0.00250. The third-order valence-electron chi connectivity index (χ3n) is 5.84. The number of benzene rings is 1. The number of hydrogen-bond acceptors (Lipinski definition) is 4. The zero-order valence-corrected chi connectivity index (χ0v) is 15.0. The van der Waals surface area contributed by atoms with Crippen molar-refractivity contribution in [3.8, 4) is 0 Å². The Morgan fingerprint density at radius 2 is 2.12 bits per heavy atom. The number of likely N-dealkylation sites (tertiary alicyclic amines) is 1. The molecule has 1 atom stereocenters. The highest BCUT2D eigenvalue weighted by Gasteiger charge is 2.48. The lowest BCUT2D eigenvalue weighted by Crippen LogP contribution is -2.50. The molecule has 26 heavy (non-hydrogen) atoms. The van der Waals surface area contributed by atoms with Crippen LogP contribution in [0.5, 0.6) is 0 Å². The number of pyridine rings is 1. The third kappa shape index (κ3) is 2.82. The molecule has 0 saturated carbocycles. The van der Waals surface area contributed by atoms with Crippen LogP contribution >= 0.6 is 0 Å². The van der Waals surface area contributed by atoms with E-state index in [1.54, 1.807) is 11.0 Å². The van der Waals surface area contributed by atoms with Crippen molar-refractivity contribution >= 4 is 22.6 Å². The molecule has 6 heteroatoms. The summed E-state index contributed by atoms with van der Waals surface area (Å²) in [6.45, 7) is 4.56. The number of carbonyl (C=O) groups excluding carboxylic acids is 1. The summed E-state index contributed by atoms with van der Waals surface area (Å²) in [5.41, 5.74) is 1.33. The van der Waals surface area contributed by atoms with Crippen LogP contribution in [0.3, 0.4) is 0 Å². The van der Waals surface area contributed by atoms with Crippen molar-refractivity contribution in [1.82, 2.24) is 9.88 Å². The number of nitrogens with zero attached hydrogens (tertiary/aromatic N) is 3. The number of β-amino-alcohol motifs (C(OH)–C–C–N with tert-alkyl or cyclic N) is 1. The second-order valence-electron chi connectivity index (χ2n) is 7.53. The lowest BCUT2D eigenvalue weighted by Gasteiger charge is -2.39. The summed E-state index contributed by atoms with van der Waals surface area (Å²) in [7, 11) is 0. The van der Waals surface area contributed by atoms with Crippen LogP contribution in [0, 0.1) is 18.2 Å². The number of anilines is 1. The van der Waals surface area contributed by atoms with Crippen LogP contribution < -0.4 is 4.90 Å². The summed E-state index contributed by atoms with van der Waals surface area (Å²) < 4.78 is 13.6. The molecule has 3 heterocycles. The normalized spacial score (nSPS) is 23.4. The van der Waals surface area contributed by atoms with Crippen LogP contribution in [-0.4, -0.2) is 53.7 Å². The predicted molar refractivity (Wildman–Crippen MR) is 98.6 cm³/mol. The van der Waals surface area contributed by atoms with Gasteiger partial charge in [0.2, 0.25) is 5.91 Å². The van der Waals surface area contributed by atoms with Gasteiger partial charge in [-0.2, -0.15) is 0 Å². The maximum Gasteiger partial charge on any atom is 0.230 e. The van der Waals surface area contributed by atoms with Gasteiger partial charge in [0.15, 0.2) is 0 Å². The smallest absolute Gasteiger partial charge is 0.230 e. The molecule has 2 fully saturated rings. The first-order chi connectivity index (χ1) is 12.5. The van der Waals surface area contributed by atoms with E-state index in [-0.39, 0.29) is 23.7 Å². The molecule has 2 aliphatic heterocycles. The lowest BCUT2D eigenvalue weighted by atomic mass is 9.78. The number of amides is 1. The summed E-state index contributed by atoms with van der Waals surface area (Å²) in [5, 5.41) is 10.2. The van der Waals surface area contributed by atoms with Gasteiger partial charge >= 0.3 is 0 Å². The van der Waals surface area contributed by atoms with Crippen LogP contribution in [0.4, 0.5) is 10.2 Å². The Hall–Kier alpha value is -2.21. The van der Waals surface area contributed by atoms with Crippen molar-refractivity contribution in [3.63, 3.8) is 0 Å². The summed E-state index contributed by atoms with van der Waals surface area (Å²) in [6, 6.07) is 6.71. The van der Waals surface area contributed by atoms with Gasteiger partial charge < -0.3 is 14.9 Å². The van der Waals surface area contributed by atoms with Gasteiger partial charge in [-0.05, 0) is 49.9 Å². The van der Waals surface area contributed by atoms with Gasteiger partial charge in [0.25, 0.3) is 0 Å². The van der Waals surface area contributed by atoms with E-state index in [1.165, 1.54) is 12.1 Å². The van der Waals surface area contributed by atoms with E-state index < -0.39 is 0 Å². The molecule has 2 saturated heterocycles. The highest BCUT2D eigenvalue weighted by molar-refractivity contribution is 5.86. The van der Waals surface area contributed by atoms with E-state index in [9.17, 15) is 14.3 Å². The number of aryl methyl sites for hydroxylation is 1. The number of piperidine rings is 1. The van der Waals surface area contributed by atoms with E-state index in [2.05, 4.69) is 9.88 Å². The van der Waals surface area contributed by atoms with Crippen molar-refractivity contribution in [1.29, 1.82) is 0 Å². The number of aliphatic hydroxyl groups excluding tert-OH is 1. The van der Waals surface area contributed by atoms with E-state index in [4.69, 9.17) is 0 Å². The number of halogens is 1. The molecular formula is C20H24FN3O2. The topological polar surface area (TPSA) is 56.7 Å². The van der Waals surface area contributed by atoms with Crippen molar-refractivity contribution in [2.24, 2.45) is 5.41 Å². The van der Waals surface area contributed by atoms with Gasteiger partial charge in [-0.1, -0.05) is 0 Å². The Morgan fingerprint density at radius 3 is 2.92 bits per heavy atom. The fraction of sp³-hybridized carbons (Fsp3) is 0.500. The number of rotatable bonds is 3. The predicted octanol–water partition coefficient (Wildman–Crippen LogP) is 2.49. The molecule has 2 aromatic rings. The second kappa shape index (κ2) is 6.50. The Bertz CT molecular complexity index is 854. The van der Waals surface area contributed by atoms with Gasteiger partial charge in [0, 0.05) is 37.6 Å². The minimum Gasteiger partial charge on any atom is -0.395 e. The lowest BCUT2D eigenvalue weighted by molar-refractivity contribution is -0.145. The molecule has 0 aliphatic carbocycles. The number of carbonyl (C=O) groups is 1. The zero-order valence-electron chi connectivity index (χ0n) is 15.0. The fourth-order valence-electron chi connectivity index (χ4n) is 4.45. The largest absolute Gasteiger partial charge is 0.395 e. The van der Waals surface area contributed by atoms with Crippen LogP contribution in [0.1, 0.15) is 24.8 Å². The Kier molecular flexibility index (Phi) is 4.31. The zero-order chi connectivity index (χ0) is 18.3. The standard InChI is InChI=1S/C20H24FN3O2/c1-14-11-18(22-17-12-15(21)3-4-16(14)17)24-8-6-20(13-24)5-2-7-23(9-10-25)19(20)26/h3-4,11-12,25H,2,5-10,13H2,1H3/t20-/m0/s1. The first-order valence-corrected chi connectivity index (χ1v) is 9.24. The molecule has 1 spiro atoms. The van der Waals surface area contributed by atoms with Gasteiger partial charge in [-0.15, -0.1) is 0 Å². The maximum absolute atomic E-state index is 13.6. The fourth-order valence-corrected chi connectivity index (χ4v) is 4.45. The maximum atomic E-state index is 13.6. The molecule has 0 bridgehead atoms. The molecule has 1 aromatic carbocycles. The van der Waals surface area contributed by atoms with Crippen molar-refractivity contribution in [2.45, 2.75) is 26.2 Å². The van der Waals surface area contributed by atoms with Gasteiger partial charge in [-0.25, -0.2) is 9.37 Å². The summed E-state index contributed by atoms with van der Waals surface area (Å²) in [5.74, 6) is 0.676. The van der Waals surface area contributed by atoms with Gasteiger partial charge in [0.1, 0.15) is 11.6 Å². The Morgan fingerprint density at radius 1 is 1.27 bits per heavy atom.